The van der Waals surface area contributed by atoms with Gasteiger partial charge in [0, 0.05) is 12.6 Å². The summed E-state index contributed by atoms with van der Waals surface area (Å²) in [5, 5.41) is 14.1. The summed E-state index contributed by atoms with van der Waals surface area (Å²) in [7, 11) is 0. The number of amidine groups is 1. The van der Waals surface area contributed by atoms with Crippen LogP contribution in [0, 0.1) is 0 Å². The second kappa shape index (κ2) is 6.58. The Kier molecular flexibility index (Phi) is 5.40. The molecule has 1 saturated heterocycles. The molecule has 104 valence electrons. The first-order valence-corrected chi connectivity index (χ1v) is 6.45. The topological polar surface area (TPSA) is 96.9 Å². The molecule has 0 bridgehead atoms. The van der Waals surface area contributed by atoms with Crippen LogP contribution in [-0.4, -0.2) is 35.2 Å². The summed E-state index contributed by atoms with van der Waals surface area (Å²) in [4.78, 5) is 11.6. The molecule has 1 fully saturated rings. The van der Waals surface area contributed by atoms with Crippen LogP contribution in [0.5, 0.6) is 0 Å². The molecule has 1 heterocycles. The van der Waals surface area contributed by atoms with Gasteiger partial charge in [-0.2, -0.15) is 0 Å². The van der Waals surface area contributed by atoms with Gasteiger partial charge in [0.05, 0.1) is 12.0 Å². The fourth-order valence-corrected chi connectivity index (χ4v) is 2.37. The predicted octanol–water partition coefficient (Wildman–Crippen LogP) is 0.977. The first-order chi connectivity index (χ1) is 8.55. The van der Waals surface area contributed by atoms with E-state index in [2.05, 4.69) is 24.3 Å². The minimum Gasteiger partial charge on any atom is -0.409 e. The number of ether oxygens (including phenoxy) is 1. The highest BCUT2D eigenvalue weighted by Gasteiger charge is 2.34. The van der Waals surface area contributed by atoms with Crippen LogP contribution in [0.25, 0.3) is 0 Å². The Morgan fingerprint density at radius 2 is 2.22 bits per heavy atom. The van der Waals surface area contributed by atoms with Gasteiger partial charge in [-0.1, -0.05) is 19.0 Å². The Morgan fingerprint density at radius 1 is 1.56 bits per heavy atom. The van der Waals surface area contributed by atoms with Crippen LogP contribution in [0.1, 0.15) is 46.0 Å². The van der Waals surface area contributed by atoms with Crippen molar-refractivity contribution >= 4 is 11.7 Å². The molecule has 1 unspecified atom stereocenters. The molecule has 0 aromatic heterocycles. The average molecular weight is 257 g/mol. The molecule has 1 rings (SSSR count). The molecule has 0 radical (unpaired) electrons. The van der Waals surface area contributed by atoms with Crippen molar-refractivity contribution in [2.24, 2.45) is 10.9 Å². The van der Waals surface area contributed by atoms with Gasteiger partial charge in [0.1, 0.15) is 5.84 Å². The summed E-state index contributed by atoms with van der Waals surface area (Å²) >= 11 is 0. The number of carbonyl (C=O) groups is 1. The number of hydrogen-bond acceptors (Lipinski definition) is 4. The molecule has 18 heavy (non-hydrogen) atoms. The Balaban J connectivity index is 2.50. The van der Waals surface area contributed by atoms with Gasteiger partial charge in [0.15, 0.2) is 0 Å². The number of nitrogens with one attached hydrogen (secondary N) is 1. The highest BCUT2D eigenvalue weighted by atomic mass is 16.5. The number of nitrogens with zero attached hydrogens (tertiary/aromatic N) is 1. The fraction of sp³-hybridized carbons (Fsp3) is 0.833. The molecule has 6 heteroatoms. The molecule has 0 saturated carbocycles. The van der Waals surface area contributed by atoms with Crippen LogP contribution < -0.4 is 11.1 Å². The van der Waals surface area contributed by atoms with E-state index in [0.717, 1.165) is 25.7 Å². The molecule has 0 aliphatic carbocycles. The van der Waals surface area contributed by atoms with Crippen molar-refractivity contribution < 1.29 is 14.7 Å². The fourth-order valence-electron chi connectivity index (χ4n) is 2.37. The lowest BCUT2D eigenvalue weighted by Gasteiger charge is -2.40. The molecule has 6 nitrogen and oxygen atoms in total. The summed E-state index contributed by atoms with van der Waals surface area (Å²) in [5.41, 5.74) is 5.18. The molecule has 0 aromatic rings. The summed E-state index contributed by atoms with van der Waals surface area (Å²) in [6.07, 6.45) is 3.44. The highest BCUT2D eigenvalue weighted by Crippen LogP contribution is 2.31. The Labute approximate surface area is 108 Å². The van der Waals surface area contributed by atoms with Gasteiger partial charge < -0.3 is 21.0 Å². The van der Waals surface area contributed by atoms with E-state index in [1.807, 2.05) is 0 Å². The van der Waals surface area contributed by atoms with Crippen molar-refractivity contribution in [1.82, 2.24) is 5.32 Å². The third kappa shape index (κ3) is 3.87. The number of oxime groups is 1. The maximum atomic E-state index is 11.6. The maximum absolute atomic E-state index is 11.6. The van der Waals surface area contributed by atoms with E-state index >= 15 is 0 Å². The van der Waals surface area contributed by atoms with Crippen molar-refractivity contribution in [1.29, 1.82) is 0 Å². The number of carbonyl (C=O) groups excluding carboxylic acids is 1. The first-order valence-electron chi connectivity index (χ1n) is 6.45. The average Bonchev–Trinajstić information content (AvgIpc) is 2.38. The van der Waals surface area contributed by atoms with Crippen LogP contribution >= 0.6 is 0 Å². The van der Waals surface area contributed by atoms with Crippen LogP contribution in [0.2, 0.25) is 0 Å². The van der Waals surface area contributed by atoms with Crippen molar-refractivity contribution in [2.75, 3.05) is 6.61 Å². The summed E-state index contributed by atoms with van der Waals surface area (Å²) in [6, 6.07) is 0.109. The SMILES string of the molecule is CCC1(CC)CC(NC(=O)CC(N)=NO)CCO1. The van der Waals surface area contributed by atoms with Crippen molar-refractivity contribution in [3.8, 4) is 0 Å². The van der Waals surface area contributed by atoms with E-state index in [1.165, 1.54) is 0 Å². The van der Waals surface area contributed by atoms with E-state index in [9.17, 15) is 4.79 Å². The molecule has 1 atom stereocenters. The van der Waals surface area contributed by atoms with Gasteiger partial charge in [-0.3, -0.25) is 4.79 Å². The predicted molar refractivity (Wildman–Crippen MR) is 68.5 cm³/mol. The normalized spacial score (nSPS) is 23.7. The van der Waals surface area contributed by atoms with Crippen LogP contribution in [-0.2, 0) is 9.53 Å². The summed E-state index contributed by atoms with van der Waals surface area (Å²) in [6.45, 7) is 4.87. The number of amides is 1. The smallest absolute Gasteiger partial charge is 0.227 e. The zero-order valence-electron chi connectivity index (χ0n) is 11.1. The standard InChI is InChI=1S/C12H23N3O3/c1-3-12(4-2)8-9(5-6-18-12)14-11(16)7-10(13)15-17/h9,17H,3-8H2,1-2H3,(H2,13,15)(H,14,16). The van der Waals surface area contributed by atoms with E-state index in [1.54, 1.807) is 0 Å². The third-order valence-corrected chi connectivity index (χ3v) is 3.62. The van der Waals surface area contributed by atoms with Crippen molar-refractivity contribution in [3.63, 3.8) is 0 Å². The zero-order chi connectivity index (χ0) is 13.6. The minimum atomic E-state index is -0.210. The van der Waals surface area contributed by atoms with Gasteiger partial charge in [-0.05, 0) is 25.7 Å². The number of nitrogens with two attached hydrogens (primary N) is 1. The van der Waals surface area contributed by atoms with Gasteiger partial charge in [0.2, 0.25) is 5.91 Å². The van der Waals surface area contributed by atoms with Crippen molar-refractivity contribution in [2.45, 2.75) is 57.6 Å². The summed E-state index contributed by atoms with van der Waals surface area (Å²) in [5.74, 6) is -0.282. The minimum absolute atomic E-state index is 0.0703. The zero-order valence-corrected chi connectivity index (χ0v) is 11.1. The van der Waals surface area contributed by atoms with Crippen LogP contribution in [0.15, 0.2) is 5.16 Å². The quantitative estimate of drug-likeness (QED) is 0.296. The Hall–Kier alpha value is -1.30. The lowest BCUT2D eigenvalue weighted by molar-refractivity contribution is -0.125. The third-order valence-electron chi connectivity index (χ3n) is 3.62. The molecular weight excluding hydrogens is 234 g/mol. The first kappa shape index (κ1) is 14.8. The van der Waals surface area contributed by atoms with E-state index in [0.29, 0.717) is 6.61 Å². The largest absolute Gasteiger partial charge is 0.409 e. The van der Waals surface area contributed by atoms with Gasteiger partial charge in [-0.25, -0.2) is 0 Å². The van der Waals surface area contributed by atoms with Gasteiger partial charge in [-0.15, -0.1) is 0 Å². The molecule has 4 N–H and O–H groups in total. The molecule has 1 aliphatic rings. The highest BCUT2D eigenvalue weighted by molar-refractivity contribution is 5.98. The lowest BCUT2D eigenvalue weighted by atomic mass is 9.86. The van der Waals surface area contributed by atoms with E-state index in [4.69, 9.17) is 15.7 Å². The van der Waals surface area contributed by atoms with E-state index < -0.39 is 0 Å². The summed E-state index contributed by atoms with van der Waals surface area (Å²) < 4.78 is 5.84. The second-order valence-electron chi connectivity index (χ2n) is 4.76. The number of hydrogen-bond donors (Lipinski definition) is 3. The molecule has 0 spiro atoms. The van der Waals surface area contributed by atoms with Gasteiger partial charge >= 0.3 is 0 Å². The van der Waals surface area contributed by atoms with E-state index in [-0.39, 0.29) is 29.8 Å². The molecule has 0 aromatic carbocycles. The number of rotatable bonds is 5. The van der Waals surface area contributed by atoms with Gasteiger partial charge in [0.25, 0.3) is 0 Å². The molecular formula is C12H23N3O3. The Bertz CT molecular complexity index is 314. The molecule has 1 aliphatic heterocycles. The monoisotopic (exact) mass is 257 g/mol. The van der Waals surface area contributed by atoms with Crippen LogP contribution in [0.3, 0.4) is 0 Å². The maximum Gasteiger partial charge on any atom is 0.227 e. The molecule has 1 amide bonds. The second-order valence-corrected chi connectivity index (χ2v) is 4.76. The lowest BCUT2D eigenvalue weighted by Crippen LogP contribution is -2.48. The van der Waals surface area contributed by atoms with Crippen molar-refractivity contribution in [3.05, 3.63) is 0 Å². The van der Waals surface area contributed by atoms with Crippen LogP contribution in [0.4, 0.5) is 0 Å². The Morgan fingerprint density at radius 3 is 2.78 bits per heavy atom.